The molecule has 1 aliphatic carbocycles. The normalized spacial score (nSPS) is 17.8. The molecular formula is C30H36ClF3N8. The Morgan fingerprint density at radius 2 is 2.00 bits per heavy atom. The highest BCUT2D eigenvalue weighted by atomic mass is 35.5. The summed E-state index contributed by atoms with van der Waals surface area (Å²) in [5.74, 6) is 0. The Balaban J connectivity index is 1.78. The van der Waals surface area contributed by atoms with Crippen molar-refractivity contribution in [2.75, 3.05) is 17.2 Å². The highest BCUT2D eigenvalue weighted by molar-refractivity contribution is 6.35. The second-order valence-electron chi connectivity index (χ2n) is 11.9. The molecule has 2 aromatic rings. The van der Waals surface area contributed by atoms with Crippen LogP contribution in [-0.4, -0.2) is 40.0 Å². The standard InChI is InChI=1S/C30H36ClF3N8/c1-8-17(2)38-19(4)18(3)25(24-15-42(41-40-24)29(9-10-29)30(32,33)34)39-21-11-22-26(37-16-28(5,6)7)20(13-35)14-36-27(22)23(31)12-21/h8,11-12,14-15,25,39-41H,3,9-10,16H2,1-2,4-7H3,(H,36,37)/b17-8-,38-19-/t25-/m0/s1. The number of hydrazine groups is 2. The average molecular weight is 601 g/mol. The second kappa shape index (κ2) is 11.5. The molecule has 0 bridgehead atoms. The monoisotopic (exact) mass is 600 g/mol. The summed E-state index contributed by atoms with van der Waals surface area (Å²) in [5.41, 5.74) is 7.95. The maximum Gasteiger partial charge on any atom is 0.413 e. The Kier molecular flexibility index (Phi) is 8.54. The van der Waals surface area contributed by atoms with Crippen LogP contribution in [0.2, 0.25) is 5.02 Å². The summed E-state index contributed by atoms with van der Waals surface area (Å²) >= 11 is 6.69. The van der Waals surface area contributed by atoms with Gasteiger partial charge in [-0.3, -0.25) is 15.0 Å². The van der Waals surface area contributed by atoms with Crippen molar-refractivity contribution in [2.24, 2.45) is 10.4 Å². The highest BCUT2D eigenvalue weighted by Crippen LogP contribution is 2.53. The number of nitrogens with one attached hydrogen (secondary N) is 4. The van der Waals surface area contributed by atoms with Gasteiger partial charge in [0, 0.05) is 41.4 Å². The number of aromatic nitrogens is 1. The van der Waals surface area contributed by atoms with E-state index in [0.29, 0.717) is 56.4 Å². The summed E-state index contributed by atoms with van der Waals surface area (Å²) in [4.78, 5) is 9.00. The molecule has 4 rings (SSSR count). The quantitative estimate of drug-likeness (QED) is 0.226. The molecule has 1 atom stereocenters. The van der Waals surface area contributed by atoms with Crippen LogP contribution in [0.3, 0.4) is 0 Å². The minimum Gasteiger partial charge on any atom is -0.383 e. The van der Waals surface area contributed by atoms with Crippen molar-refractivity contribution in [2.45, 2.75) is 72.1 Å². The van der Waals surface area contributed by atoms with Crippen LogP contribution >= 0.6 is 11.6 Å². The molecule has 42 heavy (non-hydrogen) atoms. The van der Waals surface area contributed by atoms with E-state index in [1.807, 2.05) is 26.0 Å². The van der Waals surface area contributed by atoms with E-state index in [2.05, 4.69) is 65.0 Å². The predicted molar refractivity (Wildman–Crippen MR) is 163 cm³/mol. The van der Waals surface area contributed by atoms with E-state index in [0.717, 1.165) is 10.7 Å². The molecule has 4 N–H and O–H groups in total. The maximum absolute atomic E-state index is 13.9. The largest absolute Gasteiger partial charge is 0.413 e. The van der Waals surface area contributed by atoms with Crippen molar-refractivity contribution in [3.63, 3.8) is 0 Å². The summed E-state index contributed by atoms with van der Waals surface area (Å²) in [6.45, 7) is 16.6. The van der Waals surface area contributed by atoms with Gasteiger partial charge in [-0.2, -0.15) is 18.4 Å². The van der Waals surface area contributed by atoms with Gasteiger partial charge in [0.1, 0.15) is 6.07 Å². The number of nitrogens with zero attached hydrogens (tertiary/aromatic N) is 4. The minimum atomic E-state index is -4.40. The number of aliphatic imine (C=N–C) groups is 1. The third kappa shape index (κ3) is 6.35. The van der Waals surface area contributed by atoms with E-state index >= 15 is 0 Å². The Morgan fingerprint density at radius 1 is 1.31 bits per heavy atom. The average Bonchev–Trinajstić information content (AvgIpc) is 3.60. The fraction of sp³-hybridized carbons (Fsp3) is 0.433. The molecule has 2 heterocycles. The molecule has 1 aromatic heterocycles. The third-order valence-corrected chi connectivity index (χ3v) is 7.63. The lowest BCUT2D eigenvalue weighted by atomic mass is 9.96. The van der Waals surface area contributed by atoms with Crippen molar-refractivity contribution in [1.82, 2.24) is 21.0 Å². The van der Waals surface area contributed by atoms with Gasteiger partial charge in [-0.25, -0.2) is 0 Å². The van der Waals surface area contributed by atoms with Crippen LogP contribution in [0.1, 0.15) is 59.9 Å². The van der Waals surface area contributed by atoms with Gasteiger partial charge in [-0.15, -0.1) is 5.53 Å². The zero-order valence-corrected chi connectivity index (χ0v) is 25.3. The van der Waals surface area contributed by atoms with Crippen LogP contribution in [-0.2, 0) is 0 Å². The van der Waals surface area contributed by atoms with E-state index in [1.165, 1.54) is 12.4 Å². The van der Waals surface area contributed by atoms with Gasteiger partial charge in [0.15, 0.2) is 5.54 Å². The maximum atomic E-state index is 13.9. The van der Waals surface area contributed by atoms with Crippen molar-refractivity contribution in [3.05, 3.63) is 64.7 Å². The topological polar surface area (TPSA) is 100 Å². The molecule has 1 saturated carbocycles. The molecule has 0 unspecified atom stereocenters. The first-order valence-electron chi connectivity index (χ1n) is 13.6. The van der Waals surface area contributed by atoms with Crippen LogP contribution in [0.25, 0.3) is 10.9 Å². The Morgan fingerprint density at radius 3 is 2.57 bits per heavy atom. The fourth-order valence-corrected chi connectivity index (χ4v) is 4.85. The van der Waals surface area contributed by atoms with E-state index in [9.17, 15) is 18.4 Å². The lowest BCUT2D eigenvalue weighted by Crippen LogP contribution is -2.52. The van der Waals surface area contributed by atoms with Crippen LogP contribution in [0.4, 0.5) is 24.5 Å². The third-order valence-electron chi connectivity index (χ3n) is 7.34. The number of hydrogen-bond acceptors (Lipinski definition) is 8. The van der Waals surface area contributed by atoms with Crippen LogP contribution in [0.15, 0.2) is 59.1 Å². The highest BCUT2D eigenvalue weighted by Gasteiger charge is 2.67. The molecule has 8 nitrogen and oxygen atoms in total. The number of allylic oxidation sites excluding steroid dienone is 2. The first-order chi connectivity index (χ1) is 19.6. The number of nitriles is 1. The molecule has 1 aromatic carbocycles. The van der Waals surface area contributed by atoms with Crippen LogP contribution in [0, 0.1) is 16.7 Å². The second-order valence-corrected chi connectivity index (χ2v) is 12.3. The van der Waals surface area contributed by atoms with Crippen molar-refractivity contribution >= 4 is 39.6 Å². The molecule has 2 aliphatic rings. The number of hydrogen-bond donors (Lipinski definition) is 4. The molecule has 12 heteroatoms. The van der Waals surface area contributed by atoms with Crippen molar-refractivity contribution in [1.29, 1.82) is 5.26 Å². The number of pyridine rings is 1. The fourth-order valence-electron chi connectivity index (χ4n) is 4.59. The van der Waals surface area contributed by atoms with Gasteiger partial charge < -0.3 is 16.1 Å². The van der Waals surface area contributed by atoms with Gasteiger partial charge >= 0.3 is 6.18 Å². The Hall–Kier alpha value is -3.75. The molecular weight excluding hydrogens is 565 g/mol. The van der Waals surface area contributed by atoms with E-state index < -0.39 is 17.8 Å². The smallest absolute Gasteiger partial charge is 0.383 e. The van der Waals surface area contributed by atoms with E-state index in [1.54, 1.807) is 13.0 Å². The number of halogens is 4. The predicted octanol–water partition coefficient (Wildman–Crippen LogP) is 7.20. The van der Waals surface area contributed by atoms with E-state index in [4.69, 9.17) is 11.6 Å². The minimum absolute atomic E-state index is 0.00612. The van der Waals surface area contributed by atoms with Gasteiger partial charge in [-0.1, -0.05) is 45.0 Å². The zero-order valence-electron chi connectivity index (χ0n) is 24.6. The summed E-state index contributed by atoms with van der Waals surface area (Å²) in [5, 5.41) is 18.6. The van der Waals surface area contributed by atoms with Crippen LogP contribution < -0.4 is 21.6 Å². The lowest BCUT2D eigenvalue weighted by molar-refractivity contribution is -0.195. The molecule has 1 aliphatic heterocycles. The number of rotatable bonds is 9. The lowest BCUT2D eigenvalue weighted by Gasteiger charge is -2.28. The number of fused-ring (bicyclic) bond motifs is 1. The molecule has 0 saturated heterocycles. The number of benzene rings is 1. The van der Waals surface area contributed by atoms with E-state index in [-0.39, 0.29) is 18.3 Å². The SMILES string of the molecule is C=C(/C(C)=N\C(C)=C/C)[C@H](Nc1cc(Cl)c2ncc(C#N)c(NCC(C)(C)C)c2c1)C1=CN(C2(C(F)(F)F)CC2)NN1. The zero-order chi connectivity index (χ0) is 31.0. The first kappa shape index (κ1) is 31.2. The molecule has 0 amide bonds. The first-order valence-corrected chi connectivity index (χ1v) is 14.0. The van der Waals surface area contributed by atoms with Gasteiger partial charge in [0.2, 0.25) is 0 Å². The summed E-state index contributed by atoms with van der Waals surface area (Å²) < 4.78 is 41.6. The molecule has 0 spiro atoms. The number of alkyl halides is 3. The van der Waals surface area contributed by atoms with Crippen molar-refractivity contribution < 1.29 is 13.2 Å². The van der Waals surface area contributed by atoms with Crippen LogP contribution in [0.5, 0.6) is 0 Å². The Labute approximate surface area is 249 Å². The van der Waals surface area contributed by atoms with Crippen molar-refractivity contribution in [3.8, 4) is 6.07 Å². The molecule has 1 fully saturated rings. The summed E-state index contributed by atoms with van der Waals surface area (Å²) in [6, 6.07) is 5.01. The van der Waals surface area contributed by atoms with Gasteiger partial charge in [0.25, 0.3) is 0 Å². The molecule has 224 valence electrons. The number of anilines is 2. The summed E-state index contributed by atoms with van der Waals surface area (Å²) in [7, 11) is 0. The van der Waals surface area contributed by atoms with Gasteiger partial charge in [-0.05, 0) is 56.7 Å². The molecule has 0 radical (unpaired) electrons. The summed E-state index contributed by atoms with van der Waals surface area (Å²) in [6.07, 6.45) is 0.351. The van der Waals surface area contributed by atoms with Gasteiger partial charge in [0.05, 0.1) is 33.5 Å². The Bertz CT molecular complexity index is 1520.